The van der Waals surface area contributed by atoms with Crippen LogP contribution in [0, 0.1) is 0 Å². The van der Waals surface area contributed by atoms with Gasteiger partial charge in [0.05, 0.1) is 12.5 Å². The summed E-state index contributed by atoms with van der Waals surface area (Å²) in [5.41, 5.74) is 5.70. The number of carboxylic acid groups (broad SMARTS) is 1. The second-order valence-corrected chi connectivity index (χ2v) is 5.41. The van der Waals surface area contributed by atoms with Crippen LogP contribution in [-0.2, 0) is 11.8 Å². The fourth-order valence-corrected chi connectivity index (χ4v) is 2.25. The van der Waals surface area contributed by atoms with Crippen molar-refractivity contribution >= 4 is 23.4 Å². The molecule has 1 heterocycles. The van der Waals surface area contributed by atoms with Crippen LogP contribution in [0.1, 0.15) is 18.0 Å². The maximum atomic E-state index is 12.2. The van der Waals surface area contributed by atoms with Gasteiger partial charge in [0.1, 0.15) is 5.75 Å². The van der Waals surface area contributed by atoms with Crippen LogP contribution in [0.2, 0.25) is 0 Å². The molecule has 2 aromatic rings. The summed E-state index contributed by atoms with van der Waals surface area (Å²) in [6.45, 7) is 0. The molecule has 1 aromatic carbocycles. The number of hydrogen-bond acceptors (Lipinski definition) is 5. The van der Waals surface area contributed by atoms with E-state index in [1.54, 1.807) is 24.3 Å². The summed E-state index contributed by atoms with van der Waals surface area (Å²) in [5, 5.41) is 23.5. The Balaban J connectivity index is 2.22. The van der Waals surface area contributed by atoms with Gasteiger partial charge in [0.25, 0.3) is 5.56 Å². The predicted octanol–water partition coefficient (Wildman–Crippen LogP) is 1.01. The van der Waals surface area contributed by atoms with Crippen molar-refractivity contribution in [1.82, 2.24) is 9.88 Å². The molecule has 2 rings (SSSR count). The number of nitrogens with two attached hydrogens (primary N) is 1. The number of rotatable bonds is 5. The highest BCUT2D eigenvalue weighted by molar-refractivity contribution is 5.91. The normalized spacial score (nSPS) is 11.6. The van der Waals surface area contributed by atoms with E-state index < -0.39 is 29.4 Å². The van der Waals surface area contributed by atoms with Gasteiger partial charge in [0.2, 0.25) is 0 Å². The van der Waals surface area contributed by atoms with Gasteiger partial charge in [-0.15, -0.1) is 0 Å². The van der Waals surface area contributed by atoms with Crippen LogP contribution in [-0.4, -0.2) is 26.8 Å². The molecular weight excluding hydrogens is 328 g/mol. The van der Waals surface area contributed by atoms with Crippen molar-refractivity contribution in [3.05, 3.63) is 52.4 Å². The second kappa shape index (κ2) is 7.39. The summed E-state index contributed by atoms with van der Waals surface area (Å²) in [4.78, 5) is 35.2. The lowest BCUT2D eigenvalue weighted by Gasteiger charge is -2.18. The molecule has 132 valence electrons. The Labute approximate surface area is 142 Å². The number of aryl methyl sites for hydroxylation is 1. The van der Waals surface area contributed by atoms with Crippen LogP contribution in [0.4, 0.5) is 16.2 Å². The maximum Gasteiger partial charge on any atom is 0.319 e. The van der Waals surface area contributed by atoms with Crippen molar-refractivity contribution in [2.45, 2.75) is 12.5 Å². The third-order valence-electron chi connectivity index (χ3n) is 3.48. The number of pyridine rings is 1. The molecule has 9 heteroatoms. The molecule has 0 spiro atoms. The van der Waals surface area contributed by atoms with E-state index in [4.69, 9.17) is 10.8 Å². The number of amides is 2. The molecule has 0 saturated carbocycles. The number of nitrogens with zero attached hydrogens (tertiary/aromatic N) is 1. The van der Waals surface area contributed by atoms with Crippen molar-refractivity contribution in [1.29, 1.82) is 0 Å². The van der Waals surface area contributed by atoms with E-state index >= 15 is 0 Å². The molecule has 0 aliphatic carbocycles. The summed E-state index contributed by atoms with van der Waals surface area (Å²) in [6, 6.07) is 6.01. The van der Waals surface area contributed by atoms with Crippen molar-refractivity contribution in [3.63, 3.8) is 0 Å². The average Bonchev–Trinajstić information content (AvgIpc) is 2.54. The van der Waals surface area contributed by atoms with Crippen LogP contribution in [0.15, 0.2) is 41.3 Å². The van der Waals surface area contributed by atoms with Gasteiger partial charge < -0.3 is 31.1 Å². The minimum absolute atomic E-state index is 0.302. The quantitative estimate of drug-likeness (QED) is 0.511. The van der Waals surface area contributed by atoms with Crippen LogP contribution in [0.3, 0.4) is 0 Å². The number of aromatic nitrogens is 1. The van der Waals surface area contributed by atoms with Crippen LogP contribution >= 0.6 is 0 Å². The third kappa shape index (κ3) is 4.50. The molecule has 0 aliphatic rings. The Kier molecular flexibility index (Phi) is 5.28. The second-order valence-electron chi connectivity index (χ2n) is 5.41. The molecule has 0 saturated heterocycles. The van der Waals surface area contributed by atoms with Gasteiger partial charge in [0.15, 0.2) is 5.69 Å². The summed E-state index contributed by atoms with van der Waals surface area (Å²) in [5.74, 6) is -1.51. The first-order valence-corrected chi connectivity index (χ1v) is 7.31. The standard InChI is InChI=1S/C16H18N4O5/c1-20-6-5-12(21)14(15(20)24)19-16(25)18-11(8-13(22)23)9-3-2-4-10(17)7-9/h2-7,11,21H,8,17H2,1H3,(H,22,23)(H2,18,19,25)/t11-/m0/s1. The molecule has 9 nitrogen and oxygen atoms in total. The lowest BCUT2D eigenvalue weighted by molar-refractivity contribution is -0.137. The van der Waals surface area contributed by atoms with E-state index in [-0.39, 0.29) is 12.1 Å². The van der Waals surface area contributed by atoms with Gasteiger partial charge in [-0.1, -0.05) is 12.1 Å². The average molecular weight is 346 g/mol. The summed E-state index contributed by atoms with van der Waals surface area (Å²) in [6.07, 6.45) is 0.969. The fraction of sp³-hybridized carbons (Fsp3) is 0.188. The molecule has 1 aromatic heterocycles. The van der Waals surface area contributed by atoms with E-state index in [0.717, 1.165) is 0 Å². The number of urea groups is 1. The summed E-state index contributed by atoms with van der Waals surface area (Å²) in [7, 11) is 1.46. The van der Waals surface area contributed by atoms with Crippen LogP contribution in [0.5, 0.6) is 5.75 Å². The molecule has 6 N–H and O–H groups in total. The van der Waals surface area contributed by atoms with E-state index in [1.165, 1.54) is 23.9 Å². The van der Waals surface area contributed by atoms with Gasteiger partial charge in [0, 0.05) is 18.9 Å². The number of carboxylic acids is 1. The summed E-state index contributed by atoms with van der Waals surface area (Å²) >= 11 is 0. The molecule has 25 heavy (non-hydrogen) atoms. The fourth-order valence-electron chi connectivity index (χ4n) is 2.25. The van der Waals surface area contributed by atoms with Gasteiger partial charge in [-0.2, -0.15) is 0 Å². The first-order chi connectivity index (χ1) is 11.8. The van der Waals surface area contributed by atoms with Crippen LogP contribution in [0.25, 0.3) is 0 Å². The third-order valence-corrected chi connectivity index (χ3v) is 3.48. The minimum Gasteiger partial charge on any atom is -0.505 e. The number of hydrogen-bond donors (Lipinski definition) is 5. The zero-order valence-electron chi connectivity index (χ0n) is 13.4. The molecule has 1 atom stereocenters. The van der Waals surface area contributed by atoms with Crippen molar-refractivity contribution in [2.75, 3.05) is 11.1 Å². The van der Waals surface area contributed by atoms with E-state index in [1.807, 2.05) is 0 Å². The van der Waals surface area contributed by atoms with E-state index in [2.05, 4.69) is 10.6 Å². The highest BCUT2D eigenvalue weighted by Crippen LogP contribution is 2.21. The first kappa shape index (κ1) is 17.9. The maximum absolute atomic E-state index is 12.2. The lowest BCUT2D eigenvalue weighted by atomic mass is 10.0. The Hall–Kier alpha value is -3.49. The van der Waals surface area contributed by atoms with Gasteiger partial charge in [-0.05, 0) is 23.8 Å². The molecular formula is C16H18N4O5. The Morgan fingerprint density at radius 3 is 2.68 bits per heavy atom. The zero-order valence-corrected chi connectivity index (χ0v) is 13.4. The molecule has 0 radical (unpaired) electrons. The van der Waals surface area contributed by atoms with Gasteiger partial charge in [-0.25, -0.2) is 4.79 Å². The molecule has 2 amide bonds. The Morgan fingerprint density at radius 2 is 2.04 bits per heavy atom. The topological polar surface area (TPSA) is 147 Å². The van der Waals surface area contributed by atoms with Crippen molar-refractivity contribution in [2.24, 2.45) is 7.05 Å². The lowest BCUT2D eigenvalue weighted by Crippen LogP contribution is -2.36. The van der Waals surface area contributed by atoms with Gasteiger partial charge >= 0.3 is 12.0 Å². The SMILES string of the molecule is Cn1ccc(O)c(NC(=O)N[C@@H](CC(=O)O)c2cccc(N)c2)c1=O. The number of nitrogens with one attached hydrogen (secondary N) is 2. The van der Waals surface area contributed by atoms with E-state index in [9.17, 15) is 19.5 Å². The molecule has 0 unspecified atom stereocenters. The number of aromatic hydroxyl groups is 1. The smallest absolute Gasteiger partial charge is 0.319 e. The molecule has 0 fully saturated rings. The van der Waals surface area contributed by atoms with Gasteiger partial charge in [-0.3, -0.25) is 9.59 Å². The Bertz CT molecular complexity index is 862. The molecule has 0 bridgehead atoms. The highest BCUT2D eigenvalue weighted by Gasteiger charge is 2.20. The number of benzene rings is 1. The number of carbonyl (C=O) groups excluding carboxylic acids is 1. The van der Waals surface area contributed by atoms with Crippen molar-refractivity contribution < 1.29 is 19.8 Å². The Morgan fingerprint density at radius 1 is 1.32 bits per heavy atom. The van der Waals surface area contributed by atoms with Crippen LogP contribution < -0.4 is 21.9 Å². The van der Waals surface area contributed by atoms with E-state index in [0.29, 0.717) is 11.3 Å². The first-order valence-electron chi connectivity index (χ1n) is 7.31. The minimum atomic E-state index is -1.12. The van der Waals surface area contributed by atoms with Crippen molar-refractivity contribution in [3.8, 4) is 5.75 Å². The number of anilines is 2. The number of aliphatic carboxylic acids is 1. The molecule has 0 aliphatic heterocycles. The predicted molar refractivity (Wildman–Crippen MR) is 91.4 cm³/mol. The summed E-state index contributed by atoms with van der Waals surface area (Å²) < 4.78 is 1.18. The monoisotopic (exact) mass is 346 g/mol. The largest absolute Gasteiger partial charge is 0.505 e. The zero-order chi connectivity index (χ0) is 18.6. The highest BCUT2D eigenvalue weighted by atomic mass is 16.4. The number of nitrogen functional groups attached to an aromatic ring is 1. The number of carbonyl (C=O) groups is 2.